The van der Waals surface area contributed by atoms with Crippen LogP contribution in [-0.2, 0) is 19.1 Å². The molecule has 0 heterocycles. The molecule has 1 N–H and O–H groups in total. The maximum Gasteiger partial charge on any atom is 0.377 e. The second-order valence-corrected chi connectivity index (χ2v) is 4.68. The second-order valence-electron chi connectivity index (χ2n) is 4.68. The van der Waals surface area contributed by atoms with Gasteiger partial charge in [0.25, 0.3) is 0 Å². The second kappa shape index (κ2) is 6.08. The maximum absolute atomic E-state index is 13.2. The topological polar surface area (TPSA) is 72.8 Å². The molecule has 0 fully saturated rings. The third kappa shape index (κ3) is 5.90. The minimum Gasteiger partial charge on any atom is -0.462 e. The number of aliphatic hydroxyl groups excluding tert-OH is 1. The van der Waals surface area contributed by atoms with Crippen molar-refractivity contribution >= 4 is 11.9 Å². The molecule has 7 heteroatoms. The summed E-state index contributed by atoms with van der Waals surface area (Å²) in [4.78, 5) is 22.1. The first-order valence-electron chi connectivity index (χ1n) is 5.45. The molecule has 0 aromatic carbocycles. The number of alkyl halides is 2. The minimum atomic E-state index is -3.92. The molecule has 0 rings (SSSR count). The third-order valence-corrected chi connectivity index (χ3v) is 1.70. The summed E-state index contributed by atoms with van der Waals surface area (Å²) in [5.74, 6) is -6.90. The van der Waals surface area contributed by atoms with E-state index < -0.39 is 36.0 Å². The Kier molecular flexibility index (Phi) is 5.66. The number of hydrogen-bond acceptors (Lipinski definition) is 5. The van der Waals surface area contributed by atoms with E-state index in [-0.39, 0.29) is 6.61 Å². The number of halogens is 2. The number of esters is 2. The van der Waals surface area contributed by atoms with E-state index in [4.69, 9.17) is 4.74 Å². The number of rotatable bonds is 5. The molecule has 0 bridgehead atoms. The summed E-state index contributed by atoms with van der Waals surface area (Å²) in [5.41, 5.74) is -0.905. The fourth-order valence-corrected chi connectivity index (χ4v) is 1.02. The van der Waals surface area contributed by atoms with E-state index in [2.05, 4.69) is 4.74 Å². The highest BCUT2D eigenvalue weighted by molar-refractivity contribution is 5.80. The fraction of sp³-hybridized carbons (Fsp3) is 0.818. The fourth-order valence-electron chi connectivity index (χ4n) is 1.02. The van der Waals surface area contributed by atoms with E-state index in [9.17, 15) is 23.5 Å². The molecule has 0 aliphatic carbocycles. The molecule has 0 radical (unpaired) electrons. The molecule has 106 valence electrons. The van der Waals surface area contributed by atoms with Crippen molar-refractivity contribution in [3.63, 3.8) is 0 Å². The highest BCUT2D eigenvalue weighted by Gasteiger charge is 2.44. The smallest absolute Gasteiger partial charge is 0.377 e. The largest absolute Gasteiger partial charge is 0.462 e. The summed E-state index contributed by atoms with van der Waals surface area (Å²) in [5, 5.41) is 9.27. The van der Waals surface area contributed by atoms with Crippen molar-refractivity contribution in [2.24, 2.45) is 0 Å². The van der Waals surface area contributed by atoms with Gasteiger partial charge in [0, 0.05) is 0 Å². The summed E-state index contributed by atoms with van der Waals surface area (Å²) in [6.07, 6.45) is -3.44. The molecule has 0 spiro atoms. The van der Waals surface area contributed by atoms with Crippen LogP contribution >= 0.6 is 0 Å². The zero-order chi connectivity index (χ0) is 14.6. The van der Waals surface area contributed by atoms with Crippen LogP contribution in [0.5, 0.6) is 0 Å². The van der Waals surface area contributed by atoms with Crippen LogP contribution in [0.1, 0.15) is 34.1 Å². The van der Waals surface area contributed by atoms with Crippen LogP contribution in [0.2, 0.25) is 0 Å². The SMILES string of the molecule is CCOC(=O)C(F)(F)CC(O)C(=O)OC(C)(C)C. The first-order valence-corrected chi connectivity index (χ1v) is 5.45. The summed E-state index contributed by atoms with van der Waals surface area (Å²) in [6.45, 7) is 5.75. The number of carbonyl (C=O) groups excluding carboxylic acids is 2. The van der Waals surface area contributed by atoms with Gasteiger partial charge >= 0.3 is 17.9 Å². The molecule has 0 aliphatic heterocycles. The Morgan fingerprint density at radius 2 is 1.78 bits per heavy atom. The summed E-state index contributed by atoms with van der Waals surface area (Å²) < 4.78 is 35.3. The molecule has 0 aromatic heterocycles. The van der Waals surface area contributed by atoms with Crippen molar-refractivity contribution in [2.45, 2.75) is 51.7 Å². The molecule has 18 heavy (non-hydrogen) atoms. The molecule has 5 nitrogen and oxygen atoms in total. The lowest BCUT2D eigenvalue weighted by Gasteiger charge is -2.23. The maximum atomic E-state index is 13.2. The number of hydrogen-bond donors (Lipinski definition) is 1. The zero-order valence-electron chi connectivity index (χ0n) is 10.8. The first-order chi connectivity index (χ1) is 7.99. The van der Waals surface area contributed by atoms with Crippen LogP contribution < -0.4 is 0 Å². The van der Waals surface area contributed by atoms with Gasteiger partial charge in [-0.05, 0) is 27.7 Å². The molecule has 1 unspecified atom stereocenters. The zero-order valence-corrected chi connectivity index (χ0v) is 10.8. The van der Waals surface area contributed by atoms with Gasteiger partial charge in [-0.3, -0.25) is 0 Å². The molecular weight excluding hydrogens is 250 g/mol. The summed E-state index contributed by atoms with van der Waals surface area (Å²) in [6, 6.07) is 0. The average molecular weight is 268 g/mol. The molecule has 0 aromatic rings. The quantitative estimate of drug-likeness (QED) is 0.760. The van der Waals surface area contributed by atoms with Crippen LogP contribution in [0.3, 0.4) is 0 Å². The average Bonchev–Trinajstić information content (AvgIpc) is 2.14. The number of ether oxygens (including phenoxy) is 2. The standard InChI is InChI=1S/C11H18F2O5/c1-5-17-9(16)11(12,13)6-7(14)8(15)18-10(2,3)4/h7,14H,5-6H2,1-4H3. The van der Waals surface area contributed by atoms with Gasteiger partial charge in [-0.1, -0.05) is 0 Å². The van der Waals surface area contributed by atoms with Crippen LogP contribution in [0.4, 0.5) is 8.78 Å². The van der Waals surface area contributed by atoms with Gasteiger partial charge in [-0.25, -0.2) is 9.59 Å². The Hall–Kier alpha value is -1.24. The van der Waals surface area contributed by atoms with Gasteiger partial charge in [-0.15, -0.1) is 0 Å². The van der Waals surface area contributed by atoms with Crippen LogP contribution in [0.25, 0.3) is 0 Å². The van der Waals surface area contributed by atoms with E-state index in [0.717, 1.165) is 0 Å². The Balaban J connectivity index is 4.50. The van der Waals surface area contributed by atoms with Crippen LogP contribution in [0, 0.1) is 0 Å². The van der Waals surface area contributed by atoms with Crippen molar-refractivity contribution < 1.29 is 33.0 Å². The lowest BCUT2D eigenvalue weighted by atomic mass is 10.1. The van der Waals surface area contributed by atoms with E-state index >= 15 is 0 Å². The van der Waals surface area contributed by atoms with Gasteiger partial charge in [-0.2, -0.15) is 8.78 Å². The molecule has 0 aliphatic rings. The van der Waals surface area contributed by atoms with E-state index in [0.29, 0.717) is 0 Å². The van der Waals surface area contributed by atoms with Crippen molar-refractivity contribution in [3.05, 3.63) is 0 Å². The molecule has 0 saturated carbocycles. The minimum absolute atomic E-state index is 0.211. The van der Waals surface area contributed by atoms with Crippen molar-refractivity contribution in [1.29, 1.82) is 0 Å². The van der Waals surface area contributed by atoms with Crippen LogP contribution in [-0.4, -0.2) is 41.3 Å². The first kappa shape index (κ1) is 16.8. The summed E-state index contributed by atoms with van der Waals surface area (Å²) >= 11 is 0. The van der Waals surface area contributed by atoms with Crippen molar-refractivity contribution in [3.8, 4) is 0 Å². The Bertz CT molecular complexity index is 309. The number of carbonyl (C=O) groups is 2. The predicted octanol–water partition coefficient (Wildman–Crippen LogP) is 1.28. The van der Waals surface area contributed by atoms with Gasteiger partial charge in [0.15, 0.2) is 6.10 Å². The lowest BCUT2D eigenvalue weighted by molar-refractivity contribution is -0.182. The van der Waals surface area contributed by atoms with E-state index in [1.807, 2.05) is 0 Å². The third-order valence-electron chi connectivity index (χ3n) is 1.70. The summed E-state index contributed by atoms with van der Waals surface area (Å²) in [7, 11) is 0. The monoisotopic (exact) mass is 268 g/mol. The molecule has 0 amide bonds. The van der Waals surface area contributed by atoms with Gasteiger partial charge in [0.2, 0.25) is 0 Å². The van der Waals surface area contributed by atoms with Crippen molar-refractivity contribution in [2.75, 3.05) is 6.61 Å². The van der Waals surface area contributed by atoms with Crippen LogP contribution in [0.15, 0.2) is 0 Å². The van der Waals surface area contributed by atoms with E-state index in [1.165, 1.54) is 27.7 Å². The molecule has 0 saturated heterocycles. The van der Waals surface area contributed by atoms with Crippen molar-refractivity contribution in [1.82, 2.24) is 0 Å². The van der Waals surface area contributed by atoms with Gasteiger partial charge in [0.05, 0.1) is 13.0 Å². The normalized spacial score (nSPS) is 13.9. The Morgan fingerprint density at radius 1 is 1.28 bits per heavy atom. The molecular formula is C11H18F2O5. The predicted molar refractivity (Wildman–Crippen MR) is 58.0 cm³/mol. The molecule has 1 atom stereocenters. The lowest BCUT2D eigenvalue weighted by Crippen LogP contribution is -2.40. The van der Waals surface area contributed by atoms with E-state index in [1.54, 1.807) is 0 Å². The number of aliphatic hydroxyl groups is 1. The Labute approximate surface area is 104 Å². The van der Waals surface area contributed by atoms with Gasteiger partial charge < -0.3 is 14.6 Å². The highest BCUT2D eigenvalue weighted by Crippen LogP contribution is 2.23. The highest BCUT2D eigenvalue weighted by atomic mass is 19.3. The Morgan fingerprint density at radius 3 is 2.17 bits per heavy atom. The van der Waals surface area contributed by atoms with Gasteiger partial charge in [0.1, 0.15) is 5.60 Å².